The number of rotatable bonds is 4. The van der Waals surface area contributed by atoms with Crippen molar-refractivity contribution in [1.82, 2.24) is 0 Å². The average Bonchev–Trinajstić information content (AvgIpc) is 2.58. The zero-order chi connectivity index (χ0) is 16.1. The van der Waals surface area contributed by atoms with Crippen molar-refractivity contribution in [2.75, 3.05) is 5.32 Å². The van der Waals surface area contributed by atoms with Gasteiger partial charge >= 0.3 is 0 Å². The standard InChI is InChI=1S/C19H16N2O2/c22-18-10-8-17(9-11-18)20-19(23)16-7-4-12-21(14-16)13-15-5-2-1-3-6-15/h1-12,14H,13H2,(H-,20,22,23)/p+1. The van der Waals surface area contributed by atoms with E-state index in [9.17, 15) is 9.90 Å². The summed E-state index contributed by atoms with van der Waals surface area (Å²) in [7, 11) is 0. The van der Waals surface area contributed by atoms with Gasteiger partial charge in [-0.2, -0.15) is 4.57 Å². The smallest absolute Gasteiger partial charge is 0.261 e. The second-order valence-electron chi connectivity index (χ2n) is 5.25. The summed E-state index contributed by atoms with van der Waals surface area (Å²) < 4.78 is 1.97. The molecular formula is C19H17N2O2+. The molecule has 0 unspecified atom stereocenters. The molecule has 2 N–H and O–H groups in total. The number of pyridine rings is 1. The summed E-state index contributed by atoms with van der Waals surface area (Å²) >= 11 is 0. The number of benzene rings is 2. The summed E-state index contributed by atoms with van der Waals surface area (Å²) in [6.45, 7) is 0.709. The largest absolute Gasteiger partial charge is 0.508 e. The molecule has 0 radical (unpaired) electrons. The molecule has 0 aliphatic carbocycles. The molecule has 0 aliphatic heterocycles. The number of nitrogens with zero attached hydrogens (tertiary/aromatic N) is 1. The highest BCUT2D eigenvalue weighted by atomic mass is 16.3. The van der Waals surface area contributed by atoms with Crippen molar-refractivity contribution in [2.24, 2.45) is 0 Å². The van der Waals surface area contributed by atoms with E-state index < -0.39 is 0 Å². The molecule has 0 saturated heterocycles. The van der Waals surface area contributed by atoms with Crippen molar-refractivity contribution in [1.29, 1.82) is 0 Å². The van der Waals surface area contributed by atoms with Gasteiger partial charge in [-0.05, 0) is 30.3 Å². The van der Waals surface area contributed by atoms with Crippen LogP contribution in [0.2, 0.25) is 0 Å². The Hall–Kier alpha value is -3.14. The first-order chi connectivity index (χ1) is 11.2. The Morgan fingerprint density at radius 2 is 1.70 bits per heavy atom. The molecule has 3 rings (SSSR count). The summed E-state index contributed by atoms with van der Waals surface area (Å²) in [4.78, 5) is 12.3. The third kappa shape index (κ3) is 3.95. The van der Waals surface area contributed by atoms with Crippen LogP contribution in [-0.2, 0) is 6.54 Å². The molecule has 0 atom stereocenters. The number of hydrogen-bond acceptors (Lipinski definition) is 2. The number of aromatic nitrogens is 1. The summed E-state index contributed by atoms with van der Waals surface area (Å²) in [5, 5.41) is 12.1. The lowest BCUT2D eigenvalue weighted by atomic mass is 10.2. The highest BCUT2D eigenvalue weighted by molar-refractivity contribution is 6.03. The van der Waals surface area contributed by atoms with Gasteiger partial charge in [0.15, 0.2) is 18.9 Å². The van der Waals surface area contributed by atoms with E-state index in [0.717, 1.165) is 0 Å². The third-order valence-corrected chi connectivity index (χ3v) is 3.45. The molecule has 0 spiro atoms. The van der Waals surface area contributed by atoms with Gasteiger partial charge in [0.25, 0.3) is 5.91 Å². The van der Waals surface area contributed by atoms with E-state index in [1.165, 1.54) is 17.7 Å². The number of hydrogen-bond donors (Lipinski definition) is 2. The minimum atomic E-state index is -0.182. The number of anilines is 1. The summed E-state index contributed by atoms with van der Waals surface area (Å²) in [5.74, 6) is -0.0125. The lowest BCUT2D eigenvalue weighted by Crippen LogP contribution is -2.34. The van der Waals surface area contributed by atoms with E-state index in [2.05, 4.69) is 17.4 Å². The summed E-state index contributed by atoms with van der Waals surface area (Å²) in [6.07, 6.45) is 3.76. The molecule has 1 heterocycles. The van der Waals surface area contributed by atoms with Crippen molar-refractivity contribution in [3.63, 3.8) is 0 Å². The minimum Gasteiger partial charge on any atom is -0.508 e. The maximum Gasteiger partial charge on any atom is 0.261 e. The van der Waals surface area contributed by atoms with E-state index in [4.69, 9.17) is 0 Å². The van der Waals surface area contributed by atoms with E-state index in [1.807, 2.05) is 41.2 Å². The lowest BCUT2D eigenvalue weighted by molar-refractivity contribution is -0.688. The minimum absolute atomic E-state index is 0.170. The zero-order valence-corrected chi connectivity index (χ0v) is 12.5. The van der Waals surface area contributed by atoms with Crippen LogP contribution in [0.4, 0.5) is 5.69 Å². The van der Waals surface area contributed by atoms with Crippen molar-refractivity contribution in [2.45, 2.75) is 6.54 Å². The van der Waals surface area contributed by atoms with Gasteiger partial charge in [0, 0.05) is 17.3 Å². The zero-order valence-electron chi connectivity index (χ0n) is 12.5. The molecule has 4 nitrogen and oxygen atoms in total. The number of phenolic OH excluding ortho intramolecular Hbond substituents is 1. The van der Waals surface area contributed by atoms with Crippen LogP contribution in [0.1, 0.15) is 15.9 Å². The van der Waals surface area contributed by atoms with Crippen LogP contribution in [0.15, 0.2) is 79.1 Å². The molecule has 0 fully saturated rings. The second-order valence-corrected chi connectivity index (χ2v) is 5.25. The molecule has 3 aromatic rings. The monoisotopic (exact) mass is 305 g/mol. The molecular weight excluding hydrogens is 288 g/mol. The van der Waals surface area contributed by atoms with E-state index in [0.29, 0.717) is 17.8 Å². The van der Waals surface area contributed by atoms with Gasteiger partial charge in [-0.15, -0.1) is 0 Å². The molecule has 0 aliphatic rings. The van der Waals surface area contributed by atoms with Gasteiger partial charge in [-0.25, -0.2) is 0 Å². The normalized spacial score (nSPS) is 10.3. The number of amides is 1. The van der Waals surface area contributed by atoms with Crippen LogP contribution >= 0.6 is 0 Å². The van der Waals surface area contributed by atoms with Crippen molar-refractivity contribution in [3.05, 3.63) is 90.3 Å². The Bertz CT molecular complexity index is 799. The second kappa shape index (κ2) is 6.75. The lowest BCUT2D eigenvalue weighted by Gasteiger charge is -2.05. The van der Waals surface area contributed by atoms with Crippen LogP contribution in [-0.4, -0.2) is 11.0 Å². The van der Waals surface area contributed by atoms with Crippen LogP contribution in [0.25, 0.3) is 0 Å². The van der Waals surface area contributed by atoms with Gasteiger partial charge in [-0.3, -0.25) is 4.79 Å². The fraction of sp³-hybridized carbons (Fsp3) is 0.0526. The molecule has 1 aromatic heterocycles. The van der Waals surface area contributed by atoms with Crippen LogP contribution in [0.3, 0.4) is 0 Å². The number of carbonyl (C=O) groups excluding carboxylic acids is 1. The fourth-order valence-electron chi connectivity index (χ4n) is 2.30. The van der Waals surface area contributed by atoms with E-state index in [1.54, 1.807) is 18.2 Å². The number of phenols is 1. The van der Waals surface area contributed by atoms with Gasteiger partial charge in [0.2, 0.25) is 0 Å². The molecule has 0 bridgehead atoms. The number of nitrogens with one attached hydrogen (secondary N) is 1. The molecule has 0 saturated carbocycles. The van der Waals surface area contributed by atoms with Gasteiger partial charge in [0.05, 0.1) is 0 Å². The highest BCUT2D eigenvalue weighted by Crippen LogP contribution is 2.14. The summed E-state index contributed by atoms with van der Waals surface area (Å²) in [6, 6.07) is 20.1. The quantitative estimate of drug-likeness (QED) is 0.575. The van der Waals surface area contributed by atoms with Crippen molar-refractivity contribution >= 4 is 11.6 Å². The Balaban J connectivity index is 1.73. The van der Waals surface area contributed by atoms with Gasteiger partial charge in [-0.1, -0.05) is 30.3 Å². The Morgan fingerprint density at radius 1 is 0.957 bits per heavy atom. The van der Waals surface area contributed by atoms with Crippen molar-refractivity contribution < 1.29 is 14.5 Å². The number of carbonyl (C=O) groups is 1. The predicted octanol–water partition coefficient (Wildman–Crippen LogP) is 2.98. The van der Waals surface area contributed by atoms with Gasteiger partial charge < -0.3 is 10.4 Å². The van der Waals surface area contributed by atoms with Crippen LogP contribution in [0, 0.1) is 0 Å². The Kier molecular flexibility index (Phi) is 4.34. The fourth-order valence-corrected chi connectivity index (χ4v) is 2.30. The molecule has 114 valence electrons. The highest BCUT2D eigenvalue weighted by Gasteiger charge is 2.11. The Morgan fingerprint density at radius 3 is 2.43 bits per heavy atom. The van der Waals surface area contributed by atoms with E-state index in [-0.39, 0.29) is 11.7 Å². The number of aromatic hydroxyl groups is 1. The van der Waals surface area contributed by atoms with Crippen LogP contribution in [0.5, 0.6) is 5.75 Å². The first-order valence-corrected chi connectivity index (χ1v) is 7.34. The SMILES string of the molecule is O=C(Nc1ccc(O)cc1)c1ccc[n+](Cc2ccccc2)c1. The first kappa shape index (κ1) is 14.8. The van der Waals surface area contributed by atoms with Crippen molar-refractivity contribution in [3.8, 4) is 5.75 Å². The molecule has 4 heteroatoms. The topological polar surface area (TPSA) is 53.2 Å². The summed E-state index contributed by atoms with van der Waals surface area (Å²) in [5.41, 5.74) is 2.40. The molecule has 1 amide bonds. The third-order valence-electron chi connectivity index (χ3n) is 3.45. The van der Waals surface area contributed by atoms with E-state index >= 15 is 0 Å². The maximum atomic E-state index is 12.3. The van der Waals surface area contributed by atoms with Crippen LogP contribution < -0.4 is 9.88 Å². The average molecular weight is 305 g/mol. The predicted molar refractivity (Wildman–Crippen MR) is 88.2 cm³/mol. The molecule has 23 heavy (non-hydrogen) atoms. The Labute approximate surface area is 134 Å². The first-order valence-electron chi connectivity index (χ1n) is 7.34. The van der Waals surface area contributed by atoms with Gasteiger partial charge in [0.1, 0.15) is 11.3 Å². The maximum absolute atomic E-state index is 12.3. The molecule has 2 aromatic carbocycles.